The number of hydrogen-bond donors (Lipinski definition) is 1. The first-order chi connectivity index (χ1) is 16.0. The summed E-state index contributed by atoms with van der Waals surface area (Å²) in [6.45, 7) is 3.38. The van der Waals surface area contributed by atoms with Gasteiger partial charge in [0.2, 0.25) is 0 Å². The van der Waals surface area contributed by atoms with Crippen molar-refractivity contribution < 1.29 is 9.53 Å². The first-order valence-corrected chi connectivity index (χ1v) is 12.1. The van der Waals surface area contributed by atoms with Gasteiger partial charge in [-0.2, -0.15) is 0 Å². The van der Waals surface area contributed by atoms with Crippen LogP contribution in [0.2, 0.25) is 5.02 Å². The molecule has 0 aliphatic heterocycles. The smallest absolute Gasteiger partial charge is 0.251 e. The van der Waals surface area contributed by atoms with Gasteiger partial charge in [-0.25, -0.2) is 4.98 Å². The molecule has 0 saturated carbocycles. The number of carbonyl (C=O) groups excluding carboxylic acids is 1. The number of hydrogen-bond acceptors (Lipinski definition) is 3. The van der Waals surface area contributed by atoms with Gasteiger partial charge in [0.25, 0.3) is 5.91 Å². The van der Waals surface area contributed by atoms with Gasteiger partial charge in [0.15, 0.2) is 0 Å². The Balaban J connectivity index is 1.41. The lowest BCUT2D eigenvalue weighted by Crippen LogP contribution is -2.28. The molecule has 0 bridgehead atoms. The van der Waals surface area contributed by atoms with Crippen LogP contribution in [-0.4, -0.2) is 22.1 Å². The van der Waals surface area contributed by atoms with Crippen LogP contribution in [0.25, 0.3) is 11.0 Å². The molecule has 0 radical (unpaired) electrons. The lowest BCUT2D eigenvalue weighted by Gasteiger charge is -2.17. The van der Waals surface area contributed by atoms with Crippen LogP contribution in [-0.2, 0) is 6.54 Å². The van der Waals surface area contributed by atoms with Gasteiger partial charge in [0, 0.05) is 21.6 Å². The van der Waals surface area contributed by atoms with E-state index in [1.807, 2.05) is 61.5 Å². The lowest BCUT2D eigenvalue weighted by atomic mass is 10.2. The predicted molar refractivity (Wildman–Crippen MR) is 136 cm³/mol. The molecule has 0 fully saturated rings. The first kappa shape index (κ1) is 23.3. The molecule has 3 aromatic carbocycles. The Bertz CT molecular complexity index is 1220. The van der Waals surface area contributed by atoms with Crippen molar-refractivity contribution in [3.8, 4) is 5.75 Å². The zero-order valence-corrected chi connectivity index (χ0v) is 20.6. The fraction of sp³-hybridized carbons (Fsp3) is 0.231. The molecule has 4 rings (SSSR count). The average Bonchev–Trinajstić information content (AvgIpc) is 3.19. The van der Waals surface area contributed by atoms with E-state index >= 15 is 0 Å². The molecule has 0 aliphatic carbocycles. The van der Waals surface area contributed by atoms with E-state index < -0.39 is 0 Å². The second-order valence-electron chi connectivity index (χ2n) is 7.82. The Hall–Kier alpha value is -2.83. The van der Waals surface area contributed by atoms with Crippen LogP contribution in [0.5, 0.6) is 5.75 Å². The summed E-state index contributed by atoms with van der Waals surface area (Å²) in [4.78, 5) is 17.6. The van der Waals surface area contributed by atoms with Gasteiger partial charge < -0.3 is 14.6 Å². The molecule has 1 heterocycles. The molecule has 0 saturated heterocycles. The fourth-order valence-electron chi connectivity index (χ4n) is 3.70. The van der Waals surface area contributed by atoms with Crippen molar-refractivity contribution in [3.05, 3.63) is 93.7 Å². The minimum absolute atomic E-state index is 0.120. The van der Waals surface area contributed by atoms with E-state index in [-0.39, 0.29) is 11.9 Å². The third-order valence-electron chi connectivity index (χ3n) is 5.38. The molecule has 1 aromatic heterocycles. The Morgan fingerprint density at radius 1 is 1.06 bits per heavy atom. The maximum atomic E-state index is 12.7. The van der Waals surface area contributed by atoms with E-state index in [0.717, 1.165) is 46.5 Å². The Morgan fingerprint density at radius 2 is 1.79 bits per heavy atom. The van der Waals surface area contributed by atoms with Gasteiger partial charge in [0.05, 0.1) is 23.7 Å². The molecule has 170 valence electrons. The van der Waals surface area contributed by atoms with E-state index in [1.165, 1.54) is 0 Å². The van der Waals surface area contributed by atoms with Crippen LogP contribution in [0.1, 0.15) is 42.0 Å². The first-order valence-electron chi connectivity index (χ1n) is 10.9. The van der Waals surface area contributed by atoms with E-state index in [2.05, 4.69) is 31.9 Å². The van der Waals surface area contributed by atoms with Crippen LogP contribution in [0.15, 0.2) is 77.3 Å². The number of rotatable bonds is 9. The second kappa shape index (κ2) is 10.9. The molecule has 33 heavy (non-hydrogen) atoms. The summed E-state index contributed by atoms with van der Waals surface area (Å²) in [7, 11) is 0. The number of aryl methyl sites for hydroxylation is 1. The van der Waals surface area contributed by atoms with Crippen LogP contribution >= 0.6 is 27.5 Å². The predicted octanol–water partition coefficient (Wildman–Crippen LogP) is 6.80. The van der Waals surface area contributed by atoms with E-state index in [0.29, 0.717) is 17.2 Å². The highest BCUT2D eigenvalue weighted by Gasteiger charge is 2.19. The van der Waals surface area contributed by atoms with Crippen molar-refractivity contribution in [3.63, 3.8) is 0 Å². The van der Waals surface area contributed by atoms with Crippen LogP contribution in [0.4, 0.5) is 0 Å². The molecule has 1 N–H and O–H groups in total. The number of benzene rings is 3. The summed E-state index contributed by atoms with van der Waals surface area (Å²) in [6.07, 6.45) is 1.82. The Morgan fingerprint density at radius 3 is 2.55 bits per heavy atom. The molecule has 1 atom stereocenters. The van der Waals surface area contributed by atoms with Crippen LogP contribution in [0.3, 0.4) is 0 Å². The van der Waals surface area contributed by atoms with Gasteiger partial charge >= 0.3 is 0 Å². The van der Waals surface area contributed by atoms with Gasteiger partial charge in [-0.05, 0) is 80.4 Å². The fourth-order valence-corrected chi connectivity index (χ4v) is 4.09. The number of para-hydroxylation sites is 2. The quantitative estimate of drug-likeness (QED) is 0.244. The number of amides is 1. The van der Waals surface area contributed by atoms with Gasteiger partial charge in [-0.15, -0.1) is 0 Å². The van der Waals surface area contributed by atoms with E-state index in [1.54, 1.807) is 12.1 Å². The van der Waals surface area contributed by atoms with Crippen molar-refractivity contribution in [2.24, 2.45) is 0 Å². The number of aromatic nitrogens is 2. The Labute approximate surface area is 206 Å². The molecule has 1 amide bonds. The van der Waals surface area contributed by atoms with E-state index in [4.69, 9.17) is 21.3 Å². The highest BCUT2D eigenvalue weighted by Crippen LogP contribution is 2.22. The van der Waals surface area contributed by atoms with Gasteiger partial charge in [0.1, 0.15) is 11.6 Å². The van der Waals surface area contributed by atoms with Gasteiger partial charge in [-0.3, -0.25) is 4.79 Å². The zero-order chi connectivity index (χ0) is 23.2. The highest BCUT2D eigenvalue weighted by atomic mass is 79.9. The average molecular weight is 527 g/mol. The largest absolute Gasteiger partial charge is 0.494 e. The van der Waals surface area contributed by atoms with E-state index in [9.17, 15) is 4.79 Å². The number of ether oxygens (including phenoxy) is 1. The molecular weight excluding hydrogens is 502 g/mol. The molecule has 1 unspecified atom stereocenters. The summed E-state index contributed by atoms with van der Waals surface area (Å²) >= 11 is 9.32. The summed E-state index contributed by atoms with van der Waals surface area (Å²) in [5.74, 6) is 1.54. The number of unbranched alkanes of at least 4 members (excludes halogenated alkanes) is 1. The third kappa shape index (κ3) is 5.95. The molecule has 4 aromatic rings. The normalized spacial score (nSPS) is 12.0. The molecule has 5 nitrogen and oxygen atoms in total. The number of carbonyl (C=O) groups is 1. The lowest BCUT2D eigenvalue weighted by molar-refractivity contribution is 0.0937. The standard InChI is InChI=1S/C26H25BrClN3O2/c1-18(29-26(32)19-8-10-20(27)11-9-19)25-30-23-6-2-3-7-24(23)31(25)16-4-5-17-33-22-14-12-21(28)13-15-22/h2-3,6-15,18H,4-5,16-17H2,1H3,(H,29,32). The minimum atomic E-state index is -0.237. The Kier molecular flexibility index (Phi) is 7.68. The molecule has 7 heteroatoms. The monoisotopic (exact) mass is 525 g/mol. The van der Waals surface area contributed by atoms with Gasteiger partial charge in [-0.1, -0.05) is 39.7 Å². The van der Waals surface area contributed by atoms with Crippen molar-refractivity contribution in [1.29, 1.82) is 0 Å². The van der Waals surface area contributed by atoms with Crippen molar-refractivity contribution >= 4 is 44.5 Å². The number of halogens is 2. The molecule has 0 spiro atoms. The third-order valence-corrected chi connectivity index (χ3v) is 6.16. The van der Waals surface area contributed by atoms with Crippen LogP contribution in [0, 0.1) is 0 Å². The summed E-state index contributed by atoms with van der Waals surface area (Å²) in [5.41, 5.74) is 2.61. The summed E-state index contributed by atoms with van der Waals surface area (Å²) < 4.78 is 8.95. The highest BCUT2D eigenvalue weighted by molar-refractivity contribution is 9.10. The SMILES string of the molecule is CC(NC(=O)c1ccc(Br)cc1)c1nc2ccccc2n1CCCCOc1ccc(Cl)cc1. The minimum Gasteiger partial charge on any atom is -0.494 e. The van der Waals surface area contributed by atoms with Crippen molar-refractivity contribution in [2.45, 2.75) is 32.4 Å². The number of nitrogens with one attached hydrogen (secondary N) is 1. The maximum absolute atomic E-state index is 12.7. The number of fused-ring (bicyclic) bond motifs is 1. The zero-order valence-electron chi connectivity index (χ0n) is 18.3. The molecule has 0 aliphatic rings. The molecular formula is C26H25BrClN3O2. The van der Waals surface area contributed by atoms with Crippen molar-refractivity contribution in [2.75, 3.05) is 6.61 Å². The topological polar surface area (TPSA) is 56.2 Å². The summed E-state index contributed by atoms with van der Waals surface area (Å²) in [6, 6.07) is 22.6. The maximum Gasteiger partial charge on any atom is 0.251 e. The second-order valence-corrected chi connectivity index (χ2v) is 9.17. The number of imidazole rings is 1. The summed E-state index contributed by atoms with van der Waals surface area (Å²) in [5, 5.41) is 3.79. The van der Waals surface area contributed by atoms with Crippen molar-refractivity contribution in [1.82, 2.24) is 14.9 Å². The van der Waals surface area contributed by atoms with Crippen LogP contribution < -0.4 is 10.1 Å². The number of nitrogens with zero attached hydrogens (tertiary/aromatic N) is 2.